The highest BCUT2D eigenvalue weighted by molar-refractivity contribution is 9.10. The zero-order valence-corrected chi connectivity index (χ0v) is 17.5. The SMILES string of the molecule is CN(C)C(=O)c1cccc(NC(=O)c2ccc(OCC3CCCO3)c(Br)c2)c1. The predicted molar refractivity (Wildman–Crippen MR) is 111 cm³/mol. The first-order valence-corrected chi connectivity index (χ1v) is 9.90. The molecule has 28 heavy (non-hydrogen) atoms. The molecule has 3 rings (SSSR count). The Hall–Kier alpha value is -2.38. The molecule has 0 aromatic heterocycles. The molecule has 6 nitrogen and oxygen atoms in total. The molecule has 1 N–H and O–H groups in total. The van der Waals surface area contributed by atoms with Crippen molar-refractivity contribution in [2.75, 3.05) is 32.6 Å². The van der Waals surface area contributed by atoms with Crippen molar-refractivity contribution in [3.63, 3.8) is 0 Å². The molecule has 0 saturated carbocycles. The van der Waals surface area contributed by atoms with Gasteiger partial charge in [0.2, 0.25) is 0 Å². The van der Waals surface area contributed by atoms with E-state index in [1.165, 1.54) is 4.90 Å². The third-order valence-electron chi connectivity index (χ3n) is 4.42. The topological polar surface area (TPSA) is 67.9 Å². The fraction of sp³-hybridized carbons (Fsp3) is 0.333. The number of nitrogens with zero attached hydrogens (tertiary/aromatic N) is 1. The van der Waals surface area contributed by atoms with Crippen LogP contribution >= 0.6 is 15.9 Å². The third kappa shape index (κ3) is 5.11. The number of hydrogen-bond donors (Lipinski definition) is 1. The lowest BCUT2D eigenvalue weighted by Gasteiger charge is -2.14. The molecule has 1 saturated heterocycles. The van der Waals surface area contributed by atoms with Crippen molar-refractivity contribution in [3.8, 4) is 5.75 Å². The second-order valence-electron chi connectivity index (χ2n) is 6.83. The zero-order chi connectivity index (χ0) is 20.1. The Kier molecular flexibility index (Phi) is 6.70. The number of amides is 2. The van der Waals surface area contributed by atoms with E-state index >= 15 is 0 Å². The summed E-state index contributed by atoms with van der Waals surface area (Å²) in [6, 6.07) is 12.1. The van der Waals surface area contributed by atoms with Crippen LogP contribution < -0.4 is 10.1 Å². The summed E-state index contributed by atoms with van der Waals surface area (Å²) in [4.78, 5) is 26.1. The Balaban J connectivity index is 1.65. The number of halogens is 1. The molecule has 1 unspecified atom stereocenters. The smallest absolute Gasteiger partial charge is 0.255 e. The molecular formula is C21H23BrN2O4. The standard InChI is InChI=1S/C21H23BrN2O4/c1-24(2)21(26)15-5-3-6-16(11-15)23-20(25)14-8-9-19(18(22)12-14)28-13-17-7-4-10-27-17/h3,5-6,8-9,11-12,17H,4,7,10,13H2,1-2H3,(H,23,25). The summed E-state index contributed by atoms with van der Waals surface area (Å²) in [6.07, 6.45) is 2.20. The van der Waals surface area contributed by atoms with Crippen LogP contribution in [0.3, 0.4) is 0 Å². The van der Waals surface area contributed by atoms with Gasteiger partial charge in [-0.15, -0.1) is 0 Å². The van der Waals surface area contributed by atoms with Gasteiger partial charge in [0.25, 0.3) is 11.8 Å². The molecule has 0 radical (unpaired) electrons. The maximum atomic E-state index is 12.6. The monoisotopic (exact) mass is 446 g/mol. The van der Waals surface area contributed by atoms with Gasteiger partial charge in [-0.25, -0.2) is 0 Å². The van der Waals surface area contributed by atoms with Gasteiger partial charge in [-0.1, -0.05) is 6.07 Å². The number of carbonyl (C=O) groups is 2. The number of ether oxygens (including phenoxy) is 2. The highest BCUT2D eigenvalue weighted by atomic mass is 79.9. The second-order valence-corrected chi connectivity index (χ2v) is 7.68. The lowest BCUT2D eigenvalue weighted by molar-refractivity contribution is 0.0677. The van der Waals surface area contributed by atoms with Crippen molar-refractivity contribution in [3.05, 3.63) is 58.1 Å². The summed E-state index contributed by atoms with van der Waals surface area (Å²) >= 11 is 3.46. The van der Waals surface area contributed by atoms with Crippen LogP contribution in [0, 0.1) is 0 Å². The quantitative estimate of drug-likeness (QED) is 0.728. The largest absolute Gasteiger partial charge is 0.490 e. The molecule has 148 valence electrons. The minimum atomic E-state index is -0.263. The molecule has 2 amide bonds. The van der Waals surface area contributed by atoms with Crippen LogP contribution in [0.15, 0.2) is 46.9 Å². The summed E-state index contributed by atoms with van der Waals surface area (Å²) < 4.78 is 12.0. The van der Waals surface area contributed by atoms with Gasteiger partial charge in [0.05, 0.1) is 10.6 Å². The Morgan fingerprint density at radius 2 is 2.04 bits per heavy atom. The fourth-order valence-electron chi connectivity index (χ4n) is 2.91. The lowest BCUT2D eigenvalue weighted by Crippen LogP contribution is -2.22. The van der Waals surface area contributed by atoms with E-state index in [0.717, 1.165) is 19.4 Å². The van der Waals surface area contributed by atoms with Crippen molar-refractivity contribution in [2.45, 2.75) is 18.9 Å². The Bertz CT molecular complexity index is 863. The minimum Gasteiger partial charge on any atom is -0.490 e. The normalized spacial score (nSPS) is 15.9. The van der Waals surface area contributed by atoms with Crippen LogP contribution in [0.1, 0.15) is 33.6 Å². The maximum Gasteiger partial charge on any atom is 0.255 e. The first kappa shape index (κ1) is 20.4. The third-order valence-corrected chi connectivity index (χ3v) is 5.04. The molecule has 1 atom stereocenters. The molecule has 2 aromatic rings. The van der Waals surface area contributed by atoms with Gasteiger partial charge in [0.15, 0.2) is 0 Å². The molecule has 1 heterocycles. The van der Waals surface area contributed by atoms with E-state index in [1.54, 1.807) is 56.6 Å². The molecule has 0 bridgehead atoms. The van der Waals surface area contributed by atoms with E-state index < -0.39 is 0 Å². The van der Waals surface area contributed by atoms with Gasteiger partial charge in [-0.3, -0.25) is 9.59 Å². The van der Waals surface area contributed by atoms with Crippen LogP contribution in [0.2, 0.25) is 0 Å². The van der Waals surface area contributed by atoms with Crippen molar-refractivity contribution in [2.24, 2.45) is 0 Å². The predicted octanol–water partition coefficient (Wildman–Crippen LogP) is 3.96. The van der Waals surface area contributed by atoms with Gasteiger partial charge in [0, 0.05) is 37.5 Å². The van der Waals surface area contributed by atoms with Crippen LogP contribution in [0.4, 0.5) is 5.69 Å². The van der Waals surface area contributed by atoms with E-state index in [1.807, 2.05) is 0 Å². The minimum absolute atomic E-state index is 0.119. The highest BCUT2D eigenvalue weighted by Crippen LogP contribution is 2.27. The molecular weight excluding hydrogens is 424 g/mol. The summed E-state index contributed by atoms with van der Waals surface area (Å²) in [5.74, 6) is 0.290. The Morgan fingerprint density at radius 3 is 2.71 bits per heavy atom. The van der Waals surface area contributed by atoms with Gasteiger partial charge in [-0.2, -0.15) is 0 Å². The van der Waals surface area contributed by atoms with E-state index in [0.29, 0.717) is 33.6 Å². The average molecular weight is 447 g/mol. The first-order chi connectivity index (χ1) is 13.4. The number of rotatable bonds is 6. The molecule has 7 heteroatoms. The maximum absolute atomic E-state index is 12.6. The molecule has 1 fully saturated rings. The van der Waals surface area contributed by atoms with E-state index in [-0.39, 0.29) is 17.9 Å². The van der Waals surface area contributed by atoms with E-state index in [2.05, 4.69) is 21.2 Å². The van der Waals surface area contributed by atoms with E-state index in [9.17, 15) is 9.59 Å². The van der Waals surface area contributed by atoms with Crippen LogP contribution in [-0.4, -0.2) is 50.1 Å². The molecule has 0 spiro atoms. The number of hydrogen-bond acceptors (Lipinski definition) is 4. The average Bonchev–Trinajstić information content (AvgIpc) is 3.20. The number of nitrogens with one attached hydrogen (secondary N) is 1. The van der Waals surface area contributed by atoms with Crippen LogP contribution in [0.5, 0.6) is 5.75 Å². The van der Waals surface area contributed by atoms with Crippen molar-refractivity contribution >= 4 is 33.4 Å². The van der Waals surface area contributed by atoms with Gasteiger partial charge in [0.1, 0.15) is 12.4 Å². The van der Waals surface area contributed by atoms with Gasteiger partial charge in [-0.05, 0) is 65.2 Å². The van der Waals surface area contributed by atoms with Gasteiger partial charge >= 0.3 is 0 Å². The van der Waals surface area contributed by atoms with Crippen molar-refractivity contribution in [1.29, 1.82) is 0 Å². The first-order valence-electron chi connectivity index (χ1n) is 9.11. The number of anilines is 1. The molecule has 2 aromatic carbocycles. The van der Waals surface area contributed by atoms with Gasteiger partial charge < -0.3 is 19.7 Å². The van der Waals surface area contributed by atoms with Crippen molar-refractivity contribution in [1.82, 2.24) is 4.90 Å². The molecule has 0 aliphatic carbocycles. The summed E-state index contributed by atoms with van der Waals surface area (Å²) in [5.41, 5.74) is 1.56. The van der Waals surface area contributed by atoms with E-state index in [4.69, 9.17) is 9.47 Å². The summed E-state index contributed by atoms with van der Waals surface area (Å²) in [5, 5.41) is 2.82. The summed E-state index contributed by atoms with van der Waals surface area (Å²) in [7, 11) is 3.38. The second kappa shape index (κ2) is 9.21. The van der Waals surface area contributed by atoms with Crippen LogP contribution in [0.25, 0.3) is 0 Å². The van der Waals surface area contributed by atoms with Crippen molar-refractivity contribution < 1.29 is 19.1 Å². The Labute approximate surface area is 172 Å². The molecule has 1 aliphatic rings. The molecule has 1 aliphatic heterocycles. The number of benzene rings is 2. The fourth-order valence-corrected chi connectivity index (χ4v) is 3.40. The highest BCUT2D eigenvalue weighted by Gasteiger charge is 2.17. The van der Waals surface area contributed by atoms with Crippen LogP contribution in [-0.2, 0) is 4.74 Å². The summed E-state index contributed by atoms with van der Waals surface area (Å²) in [6.45, 7) is 1.28. The zero-order valence-electron chi connectivity index (χ0n) is 15.9. The lowest BCUT2D eigenvalue weighted by atomic mass is 10.1. The number of carbonyl (C=O) groups excluding carboxylic acids is 2. The Morgan fingerprint density at radius 1 is 1.21 bits per heavy atom.